The number of hydrogen-bond donors (Lipinski definition) is 0. The summed E-state index contributed by atoms with van der Waals surface area (Å²) < 4.78 is 48.9. The highest BCUT2D eigenvalue weighted by Gasteiger charge is 2.46. The normalized spacial score (nSPS) is 19.7. The molecule has 3 heterocycles. The lowest BCUT2D eigenvalue weighted by Gasteiger charge is -2.39. The molecule has 1 aliphatic carbocycles. The number of cyclic esters (lactones) is 1. The van der Waals surface area contributed by atoms with Gasteiger partial charge in [-0.2, -0.15) is 4.58 Å². The molecular weight excluding hydrogens is 845 g/mol. The first-order chi connectivity index (χ1) is 31.4. The van der Waals surface area contributed by atoms with E-state index in [0.29, 0.717) is 29.7 Å². The van der Waals surface area contributed by atoms with Gasteiger partial charge in [0.2, 0.25) is 5.69 Å². The average Bonchev–Trinajstić information content (AvgIpc) is 3.77. The monoisotopic (exact) mass is 901 g/mol. The maximum Gasteiger partial charge on any atom is 0.342 e. The number of anilines is 1. The van der Waals surface area contributed by atoms with Crippen molar-refractivity contribution in [1.29, 1.82) is 0 Å². The van der Waals surface area contributed by atoms with Crippen molar-refractivity contribution in [2.45, 2.75) is 97.2 Å². The molecule has 0 aromatic heterocycles. The Morgan fingerprint density at radius 2 is 1.35 bits per heavy atom. The van der Waals surface area contributed by atoms with Crippen molar-refractivity contribution in [2.24, 2.45) is 0 Å². The summed E-state index contributed by atoms with van der Waals surface area (Å²) in [6.07, 6.45) is 12.2. The lowest BCUT2D eigenvalue weighted by Crippen LogP contribution is -2.40. The SMILES string of the molecule is CCCCC[N+]1=C(/C=C/C2=C(C3=C([O-])OC(C)(C)OC3=O)C(=C/C=C3/N(CCCCS(=O)(=O)[O-])c4ccc5ccccc5c4C3(C)C)/c3ccccc32)C(C)(C)c2c1ccc1ccccc21. The molecule has 0 saturated heterocycles. The van der Waals surface area contributed by atoms with Crippen molar-refractivity contribution < 1.29 is 36.9 Å². The molecule has 5 aromatic rings. The van der Waals surface area contributed by atoms with Gasteiger partial charge >= 0.3 is 5.97 Å². The number of carbonyl (C=O) groups is 1. The third-order valence-electron chi connectivity index (χ3n) is 13.7. The zero-order valence-electron chi connectivity index (χ0n) is 38.9. The summed E-state index contributed by atoms with van der Waals surface area (Å²) in [5, 5.41) is 18.9. The molecule has 9 nitrogen and oxygen atoms in total. The first kappa shape index (κ1) is 44.9. The van der Waals surface area contributed by atoms with Gasteiger partial charge in [-0.15, -0.1) is 0 Å². The first-order valence-corrected chi connectivity index (χ1v) is 24.7. The van der Waals surface area contributed by atoms with Gasteiger partial charge in [-0.25, -0.2) is 13.2 Å². The molecule has 0 saturated carbocycles. The minimum absolute atomic E-state index is 0.171. The topological polar surface area (TPSA) is 122 Å². The molecule has 0 amide bonds. The van der Waals surface area contributed by atoms with Crippen LogP contribution in [0.5, 0.6) is 0 Å². The van der Waals surface area contributed by atoms with Crippen molar-refractivity contribution in [1.82, 2.24) is 0 Å². The van der Waals surface area contributed by atoms with Crippen molar-refractivity contribution in [3.63, 3.8) is 0 Å². The van der Waals surface area contributed by atoms with Crippen LogP contribution >= 0.6 is 0 Å². The second-order valence-corrected chi connectivity index (χ2v) is 20.9. The molecular formula is C56H57N2O7S-. The maximum atomic E-state index is 14.2. The van der Waals surface area contributed by atoms with E-state index in [4.69, 9.17) is 9.47 Å². The number of carbonyl (C=O) groups excluding carboxylic acids is 1. The number of esters is 1. The van der Waals surface area contributed by atoms with E-state index in [1.165, 1.54) is 22.0 Å². The van der Waals surface area contributed by atoms with Crippen molar-refractivity contribution in [2.75, 3.05) is 23.7 Å². The Balaban J connectivity index is 1.24. The van der Waals surface area contributed by atoms with Crippen LogP contribution in [0.15, 0.2) is 144 Å². The molecule has 5 aromatic carbocycles. The van der Waals surface area contributed by atoms with Crippen LogP contribution in [-0.4, -0.2) is 53.9 Å². The van der Waals surface area contributed by atoms with E-state index < -0.39 is 44.4 Å². The highest BCUT2D eigenvalue weighted by atomic mass is 32.2. The van der Waals surface area contributed by atoms with Crippen LogP contribution < -0.4 is 10.0 Å². The fraction of sp³-hybridized carbons (Fsp3) is 0.321. The van der Waals surface area contributed by atoms with Crippen molar-refractivity contribution in [3.05, 3.63) is 166 Å². The van der Waals surface area contributed by atoms with E-state index in [-0.39, 0.29) is 12.0 Å². The number of ether oxygens (including phenoxy) is 2. The lowest BCUT2D eigenvalue weighted by molar-refractivity contribution is -0.438. The second-order valence-electron chi connectivity index (χ2n) is 19.3. The van der Waals surface area contributed by atoms with Crippen molar-refractivity contribution >= 4 is 65.9 Å². The molecule has 3 aliphatic heterocycles. The third kappa shape index (κ3) is 7.87. The lowest BCUT2D eigenvalue weighted by atomic mass is 9.79. The summed E-state index contributed by atoms with van der Waals surface area (Å²) in [6.45, 7) is 15.5. The number of hydrogen-bond acceptors (Lipinski definition) is 8. The van der Waals surface area contributed by atoms with Gasteiger partial charge in [0.05, 0.1) is 27.1 Å². The zero-order valence-corrected chi connectivity index (χ0v) is 39.7. The number of allylic oxidation sites excluding steroid dienone is 7. The van der Waals surface area contributed by atoms with E-state index in [9.17, 15) is 22.9 Å². The third-order valence-corrected chi connectivity index (χ3v) is 14.5. The Hall–Kier alpha value is -6.23. The molecule has 0 spiro atoms. The molecule has 0 radical (unpaired) electrons. The molecule has 0 unspecified atom stereocenters. The quantitative estimate of drug-likeness (QED) is 0.0495. The van der Waals surface area contributed by atoms with Gasteiger partial charge in [0.25, 0.3) is 0 Å². The Bertz CT molecular complexity index is 3140. The predicted molar refractivity (Wildman–Crippen MR) is 261 cm³/mol. The van der Waals surface area contributed by atoms with E-state index in [1.54, 1.807) is 13.8 Å². The molecule has 9 rings (SSSR count). The van der Waals surface area contributed by atoms with Crippen LogP contribution in [-0.2, 0) is 35.2 Å². The summed E-state index contributed by atoms with van der Waals surface area (Å²) in [5.74, 6) is -3.40. The standard InChI is InChI=1S/C56H58N2O7S/c1-8-9-16-33-57-44-29-25-36-19-10-12-21-38(36)50(44)54(2,3)46(57)31-27-42-40-23-14-15-24-41(40)43(48(42)49-52(59)64-56(6,7)65-53(49)60)28-32-47-55(4,5)51-39-22-13-11-20-37(39)26-30-45(51)58(47)34-17-18-35-66(61,62)63/h10-15,19-32H,8-9,16-18,33-35H2,1-7H3,(H,61,62,63)/p-1/b43-28+,47-32+. The molecule has 0 fully saturated rings. The van der Waals surface area contributed by atoms with Gasteiger partial charge in [0.1, 0.15) is 6.54 Å². The van der Waals surface area contributed by atoms with E-state index >= 15 is 0 Å². The second kappa shape index (κ2) is 16.9. The van der Waals surface area contributed by atoms with Gasteiger partial charge < -0.3 is 24.0 Å². The first-order valence-electron chi connectivity index (χ1n) is 23.1. The predicted octanol–water partition coefficient (Wildman–Crippen LogP) is 10.9. The fourth-order valence-electron chi connectivity index (χ4n) is 10.8. The molecule has 0 N–H and O–H groups in total. The summed E-state index contributed by atoms with van der Waals surface area (Å²) in [6, 6.07) is 33.4. The summed E-state index contributed by atoms with van der Waals surface area (Å²) in [4.78, 5) is 16.5. The maximum absolute atomic E-state index is 14.2. The van der Waals surface area contributed by atoms with E-state index in [0.717, 1.165) is 70.4 Å². The summed E-state index contributed by atoms with van der Waals surface area (Å²) in [5.41, 5.74) is 9.07. The van der Waals surface area contributed by atoms with Crippen LogP contribution in [0.4, 0.5) is 11.4 Å². The van der Waals surface area contributed by atoms with Gasteiger partial charge in [-0.05, 0) is 121 Å². The number of rotatable bonds is 13. The van der Waals surface area contributed by atoms with E-state index in [2.05, 4.69) is 123 Å². The highest BCUT2D eigenvalue weighted by Crippen LogP contribution is 2.53. The number of fused-ring (bicyclic) bond motifs is 7. The van der Waals surface area contributed by atoms with Gasteiger partial charge in [0.15, 0.2) is 11.5 Å². The molecule has 4 aliphatic rings. The summed E-state index contributed by atoms with van der Waals surface area (Å²) >= 11 is 0. The van der Waals surface area contributed by atoms with Crippen LogP contribution in [0.1, 0.15) is 103 Å². The van der Waals surface area contributed by atoms with Crippen LogP contribution in [0.2, 0.25) is 0 Å². The van der Waals surface area contributed by atoms with Gasteiger partial charge in [-0.1, -0.05) is 112 Å². The number of nitrogens with zero attached hydrogens (tertiary/aromatic N) is 2. The Morgan fingerprint density at radius 1 is 0.697 bits per heavy atom. The fourth-order valence-corrected chi connectivity index (χ4v) is 11.3. The Kier molecular flexibility index (Phi) is 11.5. The minimum Gasteiger partial charge on any atom is -0.748 e. The summed E-state index contributed by atoms with van der Waals surface area (Å²) in [7, 11) is -4.37. The van der Waals surface area contributed by atoms with Crippen LogP contribution in [0.3, 0.4) is 0 Å². The molecule has 10 heteroatoms. The number of benzene rings is 5. The Morgan fingerprint density at radius 3 is 2.03 bits per heavy atom. The van der Waals surface area contributed by atoms with E-state index in [1.807, 2.05) is 42.5 Å². The van der Waals surface area contributed by atoms with Crippen LogP contribution in [0.25, 0.3) is 32.7 Å². The largest absolute Gasteiger partial charge is 0.748 e. The zero-order chi connectivity index (χ0) is 46.8. The molecule has 340 valence electrons. The van der Waals surface area contributed by atoms with Gasteiger partial charge in [0, 0.05) is 58.8 Å². The van der Waals surface area contributed by atoms with Crippen molar-refractivity contribution in [3.8, 4) is 0 Å². The molecule has 0 atom stereocenters. The minimum atomic E-state index is -4.37. The van der Waals surface area contributed by atoms with Crippen LogP contribution in [0, 0.1) is 0 Å². The molecule has 66 heavy (non-hydrogen) atoms. The van der Waals surface area contributed by atoms with Gasteiger partial charge in [-0.3, -0.25) is 0 Å². The smallest absolute Gasteiger partial charge is 0.342 e. The number of unbranched alkanes of at least 4 members (excludes halogenated alkanes) is 3. The Labute approximate surface area is 388 Å². The highest BCUT2D eigenvalue weighted by molar-refractivity contribution is 7.85. The molecule has 0 bridgehead atoms. The average molecular weight is 902 g/mol.